The topological polar surface area (TPSA) is 89.7 Å². The Balaban J connectivity index is 1.49. The SMILES string of the molecule is O=c1[nH]c(N2CCCC(Nc3ccc4[nH]ncc4c3)C2)ncc1Br. The lowest BCUT2D eigenvalue weighted by Crippen LogP contribution is -2.43. The summed E-state index contributed by atoms with van der Waals surface area (Å²) in [6, 6.07) is 6.48. The maximum Gasteiger partial charge on any atom is 0.266 e. The summed E-state index contributed by atoms with van der Waals surface area (Å²) in [5, 5.41) is 11.7. The number of aromatic amines is 2. The summed E-state index contributed by atoms with van der Waals surface area (Å²) in [6.07, 6.45) is 5.51. The number of piperidine rings is 1. The summed E-state index contributed by atoms with van der Waals surface area (Å²) in [5.41, 5.74) is 1.95. The molecule has 1 unspecified atom stereocenters. The number of hydrogen-bond donors (Lipinski definition) is 3. The van der Waals surface area contributed by atoms with Crippen molar-refractivity contribution in [3.8, 4) is 0 Å². The van der Waals surface area contributed by atoms with Gasteiger partial charge >= 0.3 is 0 Å². The molecule has 1 aliphatic heterocycles. The smallest absolute Gasteiger partial charge is 0.266 e. The predicted octanol–water partition coefficient (Wildman–Crippen LogP) is 2.49. The van der Waals surface area contributed by atoms with Gasteiger partial charge < -0.3 is 10.2 Å². The van der Waals surface area contributed by atoms with E-state index in [1.54, 1.807) is 6.20 Å². The van der Waals surface area contributed by atoms with E-state index in [0.717, 1.165) is 42.5 Å². The summed E-state index contributed by atoms with van der Waals surface area (Å²) >= 11 is 3.18. The van der Waals surface area contributed by atoms with Crippen LogP contribution in [0.3, 0.4) is 0 Å². The molecule has 124 valence electrons. The van der Waals surface area contributed by atoms with E-state index in [9.17, 15) is 4.79 Å². The first-order valence-electron chi connectivity index (χ1n) is 7.88. The second kappa shape index (κ2) is 6.27. The molecule has 7 nitrogen and oxygen atoms in total. The summed E-state index contributed by atoms with van der Waals surface area (Å²) < 4.78 is 0.450. The van der Waals surface area contributed by atoms with Crippen molar-refractivity contribution in [2.24, 2.45) is 0 Å². The van der Waals surface area contributed by atoms with Gasteiger partial charge in [0.15, 0.2) is 0 Å². The molecular formula is C16H17BrN6O. The van der Waals surface area contributed by atoms with Gasteiger partial charge in [-0.05, 0) is 47.0 Å². The van der Waals surface area contributed by atoms with Crippen LogP contribution in [0.1, 0.15) is 12.8 Å². The zero-order valence-electron chi connectivity index (χ0n) is 12.9. The number of fused-ring (bicyclic) bond motifs is 1. The zero-order valence-corrected chi connectivity index (χ0v) is 14.5. The minimum atomic E-state index is -0.152. The van der Waals surface area contributed by atoms with Crippen LogP contribution >= 0.6 is 15.9 Å². The molecule has 3 aromatic rings. The average Bonchev–Trinajstić information content (AvgIpc) is 3.05. The van der Waals surface area contributed by atoms with Gasteiger partial charge in [-0.1, -0.05) is 0 Å². The number of benzene rings is 1. The van der Waals surface area contributed by atoms with E-state index in [-0.39, 0.29) is 5.56 Å². The Labute approximate surface area is 146 Å². The first-order valence-corrected chi connectivity index (χ1v) is 8.68. The van der Waals surface area contributed by atoms with Gasteiger partial charge in [-0.25, -0.2) is 4.98 Å². The van der Waals surface area contributed by atoms with Gasteiger partial charge in [0.2, 0.25) is 5.95 Å². The standard InChI is InChI=1S/C16H17BrN6O/c17-13-8-18-16(21-15(13)24)23-5-1-2-12(9-23)20-11-3-4-14-10(6-11)7-19-22-14/h3-4,6-8,12,20H,1-2,5,9H2,(H,19,22)(H,18,21,24). The van der Waals surface area contributed by atoms with Gasteiger partial charge in [0, 0.05) is 30.2 Å². The molecule has 1 saturated heterocycles. The van der Waals surface area contributed by atoms with E-state index >= 15 is 0 Å². The van der Waals surface area contributed by atoms with Crippen molar-refractivity contribution < 1.29 is 0 Å². The van der Waals surface area contributed by atoms with Crippen molar-refractivity contribution in [1.82, 2.24) is 20.2 Å². The fraction of sp³-hybridized carbons (Fsp3) is 0.312. The molecule has 0 amide bonds. The highest BCUT2D eigenvalue weighted by atomic mass is 79.9. The molecule has 0 radical (unpaired) electrons. The van der Waals surface area contributed by atoms with Crippen LogP contribution in [-0.2, 0) is 0 Å². The van der Waals surface area contributed by atoms with Crippen LogP contribution in [0, 0.1) is 0 Å². The first kappa shape index (κ1) is 15.2. The highest BCUT2D eigenvalue weighted by Crippen LogP contribution is 2.21. The van der Waals surface area contributed by atoms with Crippen LogP contribution in [-0.4, -0.2) is 39.3 Å². The van der Waals surface area contributed by atoms with Crippen LogP contribution in [0.2, 0.25) is 0 Å². The lowest BCUT2D eigenvalue weighted by atomic mass is 10.1. The van der Waals surface area contributed by atoms with Gasteiger partial charge in [0.25, 0.3) is 5.56 Å². The van der Waals surface area contributed by atoms with Gasteiger partial charge in [0.1, 0.15) is 4.47 Å². The maximum absolute atomic E-state index is 11.8. The highest BCUT2D eigenvalue weighted by Gasteiger charge is 2.21. The van der Waals surface area contributed by atoms with Gasteiger partial charge in [-0.3, -0.25) is 14.9 Å². The molecule has 0 bridgehead atoms. The number of nitrogens with one attached hydrogen (secondary N) is 3. The van der Waals surface area contributed by atoms with Crippen LogP contribution in [0.5, 0.6) is 0 Å². The molecular weight excluding hydrogens is 372 g/mol. The van der Waals surface area contributed by atoms with Crippen molar-refractivity contribution in [3.63, 3.8) is 0 Å². The van der Waals surface area contributed by atoms with Crippen LogP contribution in [0.4, 0.5) is 11.6 Å². The van der Waals surface area contributed by atoms with E-state index in [1.165, 1.54) is 0 Å². The molecule has 3 heterocycles. The number of halogens is 1. The molecule has 0 aliphatic carbocycles. The minimum absolute atomic E-state index is 0.152. The van der Waals surface area contributed by atoms with Crippen LogP contribution in [0.25, 0.3) is 10.9 Å². The normalized spacial score (nSPS) is 18.0. The van der Waals surface area contributed by atoms with Crippen molar-refractivity contribution in [2.45, 2.75) is 18.9 Å². The third kappa shape index (κ3) is 3.01. The Morgan fingerprint density at radius 2 is 2.25 bits per heavy atom. The van der Waals surface area contributed by atoms with Crippen LogP contribution < -0.4 is 15.8 Å². The maximum atomic E-state index is 11.8. The third-order valence-electron chi connectivity index (χ3n) is 4.27. The molecule has 1 fully saturated rings. The summed E-state index contributed by atoms with van der Waals surface area (Å²) in [5.74, 6) is 0.625. The predicted molar refractivity (Wildman–Crippen MR) is 97.5 cm³/mol. The van der Waals surface area contributed by atoms with Gasteiger partial charge in [0.05, 0.1) is 17.9 Å². The summed E-state index contributed by atoms with van der Waals surface area (Å²) in [4.78, 5) is 21.0. The van der Waals surface area contributed by atoms with E-state index < -0.39 is 0 Å². The Hall–Kier alpha value is -2.35. The molecule has 4 rings (SSSR count). The minimum Gasteiger partial charge on any atom is -0.381 e. The van der Waals surface area contributed by atoms with E-state index in [1.807, 2.05) is 12.3 Å². The highest BCUT2D eigenvalue weighted by molar-refractivity contribution is 9.10. The van der Waals surface area contributed by atoms with Gasteiger partial charge in [-0.15, -0.1) is 0 Å². The molecule has 2 aromatic heterocycles. The Kier molecular flexibility index (Phi) is 3.97. The molecule has 3 N–H and O–H groups in total. The average molecular weight is 389 g/mol. The van der Waals surface area contributed by atoms with E-state index in [2.05, 4.69) is 58.4 Å². The Bertz CT molecular complexity index is 920. The number of hydrogen-bond acceptors (Lipinski definition) is 5. The third-order valence-corrected chi connectivity index (χ3v) is 4.84. The summed E-state index contributed by atoms with van der Waals surface area (Å²) in [7, 11) is 0. The quantitative estimate of drug-likeness (QED) is 0.641. The molecule has 0 saturated carbocycles. The second-order valence-electron chi connectivity index (χ2n) is 5.99. The van der Waals surface area contributed by atoms with E-state index in [0.29, 0.717) is 16.5 Å². The first-order chi connectivity index (χ1) is 11.7. The molecule has 1 aliphatic rings. The molecule has 1 aromatic carbocycles. The fourth-order valence-electron chi connectivity index (χ4n) is 3.09. The Morgan fingerprint density at radius 1 is 1.33 bits per heavy atom. The number of aromatic nitrogens is 4. The largest absolute Gasteiger partial charge is 0.381 e. The Morgan fingerprint density at radius 3 is 3.12 bits per heavy atom. The van der Waals surface area contributed by atoms with Crippen molar-refractivity contribution >= 4 is 38.5 Å². The van der Waals surface area contributed by atoms with Gasteiger partial charge in [-0.2, -0.15) is 5.10 Å². The van der Waals surface area contributed by atoms with Crippen LogP contribution in [0.15, 0.2) is 39.9 Å². The number of rotatable bonds is 3. The second-order valence-corrected chi connectivity index (χ2v) is 6.84. The lowest BCUT2D eigenvalue weighted by molar-refractivity contribution is 0.522. The number of nitrogens with zero attached hydrogens (tertiary/aromatic N) is 3. The zero-order chi connectivity index (χ0) is 16.5. The number of anilines is 2. The fourth-order valence-corrected chi connectivity index (χ4v) is 3.29. The summed E-state index contributed by atoms with van der Waals surface area (Å²) in [6.45, 7) is 1.69. The number of H-pyrrole nitrogens is 2. The van der Waals surface area contributed by atoms with Crippen molar-refractivity contribution in [3.05, 3.63) is 45.4 Å². The van der Waals surface area contributed by atoms with Crippen molar-refractivity contribution in [1.29, 1.82) is 0 Å². The molecule has 24 heavy (non-hydrogen) atoms. The molecule has 0 spiro atoms. The monoisotopic (exact) mass is 388 g/mol. The molecule has 1 atom stereocenters. The van der Waals surface area contributed by atoms with Crippen molar-refractivity contribution in [2.75, 3.05) is 23.3 Å². The lowest BCUT2D eigenvalue weighted by Gasteiger charge is -2.34. The molecule has 8 heteroatoms. The van der Waals surface area contributed by atoms with E-state index in [4.69, 9.17) is 0 Å².